The molecule has 1 aromatic rings. The summed E-state index contributed by atoms with van der Waals surface area (Å²) in [6, 6.07) is 4.87. The Morgan fingerprint density at radius 2 is 2.47 bits per heavy atom. The molecule has 0 aliphatic carbocycles. The van der Waals surface area contributed by atoms with E-state index in [1.165, 1.54) is 4.88 Å². The molecule has 1 saturated heterocycles. The van der Waals surface area contributed by atoms with Gasteiger partial charge in [-0.1, -0.05) is 13.0 Å². The Hall–Kier alpha value is -0.420. The Morgan fingerprint density at radius 3 is 3.06 bits per heavy atom. The maximum absolute atomic E-state index is 6.31. The maximum Gasteiger partial charge on any atom is 0.0674 e. The highest BCUT2D eigenvalue weighted by atomic mass is 32.1. The highest BCUT2D eigenvalue weighted by Gasteiger charge is 2.29. The van der Waals surface area contributed by atoms with Gasteiger partial charge in [-0.3, -0.25) is 4.90 Å². The van der Waals surface area contributed by atoms with Crippen LogP contribution in [0.3, 0.4) is 0 Å². The number of morpholine rings is 1. The van der Waals surface area contributed by atoms with Crippen molar-refractivity contribution in [3.8, 4) is 0 Å². The van der Waals surface area contributed by atoms with Crippen LogP contribution in [0.25, 0.3) is 0 Å². The lowest BCUT2D eigenvalue weighted by Gasteiger charge is -2.39. The van der Waals surface area contributed by atoms with Crippen molar-refractivity contribution in [3.63, 3.8) is 0 Å². The van der Waals surface area contributed by atoms with Gasteiger partial charge in [0.05, 0.1) is 18.8 Å². The van der Waals surface area contributed by atoms with Crippen LogP contribution in [0.2, 0.25) is 0 Å². The predicted molar refractivity (Wildman–Crippen MR) is 72.3 cm³/mol. The Kier molecular flexibility index (Phi) is 4.56. The lowest BCUT2D eigenvalue weighted by molar-refractivity contribution is -0.0381. The number of nitrogens with zero attached hydrogens (tertiary/aromatic N) is 1. The molecule has 1 aromatic heterocycles. The van der Waals surface area contributed by atoms with Crippen LogP contribution in [-0.4, -0.2) is 36.7 Å². The summed E-state index contributed by atoms with van der Waals surface area (Å²) in [5.41, 5.74) is 6.31. The molecule has 2 N–H and O–H groups in total. The molecular weight excluding hydrogens is 232 g/mol. The van der Waals surface area contributed by atoms with Crippen molar-refractivity contribution < 1.29 is 4.74 Å². The fourth-order valence-electron chi connectivity index (χ4n) is 2.44. The number of thiophene rings is 1. The van der Waals surface area contributed by atoms with Crippen LogP contribution < -0.4 is 5.73 Å². The van der Waals surface area contributed by atoms with E-state index >= 15 is 0 Å². The van der Waals surface area contributed by atoms with Gasteiger partial charge in [0.1, 0.15) is 0 Å². The van der Waals surface area contributed by atoms with Crippen LogP contribution in [-0.2, 0) is 4.74 Å². The second-order valence-corrected chi connectivity index (χ2v) is 5.69. The van der Waals surface area contributed by atoms with Crippen molar-refractivity contribution in [2.45, 2.75) is 38.5 Å². The number of nitrogens with two attached hydrogens (primary N) is 1. The summed E-state index contributed by atoms with van der Waals surface area (Å²) in [5.74, 6) is 0. The van der Waals surface area contributed by atoms with Gasteiger partial charge in [-0.15, -0.1) is 11.3 Å². The van der Waals surface area contributed by atoms with E-state index in [-0.39, 0.29) is 6.04 Å². The molecule has 3 atom stereocenters. The van der Waals surface area contributed by atoms with Crippen molar-refractivity contribution in [2.24, 2.45) is 5.73 Å². The first-order valence-electron chi connectivity index (χ1n) is 6.37. The minimum atomic E-state index is 0.207. The molecule has 0 bridgehead atoms. The molecule has 1 fully saturated rings. The number of ether oxygens (including phenoxy) is 1. The zero-order valence-electron chi connectivity index (χ0n) is 10.6. The first-order chi connectivity index (χ1) is 8.22. The molecule has 0 aromatic carbocycles. The molecule has 2 heterocycles. The van der Waals surface area contributed by atoms with Crippen molar-refractivity contribution >= 4 is 11.3 Å². The van der Waals surface area contributed by atoms with E-state index in [4.69, 9.17) is 10.5 Å². The minimum absolute atomic E-state index is 0.207. The topological polar surface area (TPSA) is 38.5 Å². The monoisotopic (exact) mass is 254 g/mol. The second kappa shape index (κ2) is 5.96. The summed E-state index contributed by atoms with van der Waals surface area (Å²) in [5, 5.41) is 2.13. The summed E-state index contributed by atoms with van der Waals surface area (Å²) >= 11 is 1.81. The molecule has 1 aliphatic heterocycles. The number of hydrogen-bond acceptors (Lipinski definition) is 4. The minimum Gasteiger partial charge on any atom is -0.376 e. The molecular formula is C13H22N2OS. The largest absolute Gasteiger partial charge is 0.376 e. The molecule has 0 amide bonds. The Morgan fingerprint density at radius 1 is 1.65 bits per heavy atom. The van der Waals surface area contributed by atoms with Crippen LogP contribution in [0, 0.1) is 0 Å². The van der Waals surface area contributed by atoms with Gasteiger partial charge in [0.15, 0.2) is 0 Å². The van der Waals surface area contributed by atoms with Gasteiger partial charge in [0, 0.05) is 24.0 Å². The average Bonchev–Trinajstić information content (AvgIpc) is 2.83. The summed E-state index contributed by atoms with van der Waals surface area (Å²) in [6.45, 7) is 7.08. The zero-order valence-corrected chi connectivity index (χ0v) is 11.5. The highest BCUT2D eigenvalue weighted by Crippen LogP contribution is 2.30. The molecule has 0 spiro atoms. The third kappa shape index (κ3) is 3.07. The van der Waals surface area contributed by atoms with Crippen LogP contribution in [0.4, 0.5) is 0 Å². The Balaban J connectivity index is 2.15. The van der Waals surface area contributed by atoms with Crippen molar-refractivity contribution in [1.82, 2.24) is 4.90 Å². The van der Waals surface area contributed by atoms with E-state index in [1.54, 1.807) is 0 Å². The smallest absolute Gasteiger partial charge is 0.0674 e. The molecule has 1 aliphatic rings. The van der Waals surface area contributed by atoms with E-state index in [2.05, 4.69) is 36.3 Å². The van der Waals surface area contributed by atoms with E-state index in [9.17, 15) is 0 Å². The van der Waals surface area contributed by atoms with E-state index in [0.717, 1.165) is 26.1 Å². The number of hydrogen-bond donors (Lipinski definition) is 1. The summed E-state index contributed by atoms with van der Waals surface area (Å²) in [4.78, 5) is 3.86. The molecule has 0 radical (unpaired) electrons. The first kappa shape index (κ1) is 13.0. The quantitative estimate of drug-likeness (QED) is 0.895. The Bertz CT molecular complexity index is 328. The molecule has 2 rings (SSSR count). The third-order valence-corrected chi connectivity index (χ3v) is 4.32. The normalized spacial score (nSPS) is 25.7. The first-order valence-corrected chi connectivity index (χ1v) is 7.25. The zero-order chi connectivity index (χ0) is 12.3. The molecule has 17 heavy (non-hydrogen) atoms. The molecule has 3 unspecified atom stereocenters. The van der Waals surface area contributed by atoms with E-state index < -0.39 is 0 Å². The molecule has 3 nitrogen and oxygen atoms in total. The van der Waals surface area contributed by atoms with Crippen LogP contribution in [0.5, 0.6) is 0 Å². The van der Waals surface area contributed by atoms with Gasteiger partial charge in [-0.2, -0.15) is 0 Å². The Labute approximate surface area is 108 Å². The van der Waals surface area contributed by atoms with Gasteiger partial charge < -0.3 is 10.5 Å². The molecule has 96 valence electrons. The van der Waals surface area contributed by atoms with Crippen molar-refractivity contribution in [3.05, 3.63) is 22.4 Å². The second-order valence-electron chi connectivity index (χ2n) is 4.71. The SMILES string of the molecule is CCC(N)C(c1cccs1)N1CCOC(C)C1. The number of rotatable bonds is 4. The van der Waals surface area contributed by atoms with Crippen LogP contribution in [0.1, 0.15) is 31.2 Å². The van der Waals surface area contributed by atoms with Gasteiger partial charge >= 0.3 is 0 Å². The predicted octanol–water partition coefficient (Wildman–Crippen LogP) is 2.25. The third-order valence-electron chi connectivity index (χ3n) is 3.38. The van der Waals surface area contributed by atoms with Gasteiger partial charge in [-0.25, -0.2) is 0 Å². The maximum atomic E-state index is 6.31. The van der Waals surface area contributed by atoms with Gasteiger partial charge in [-0.05, 0) is 24.8 Å². The summed E-state index contributed by atoms with van der Waals surface area (Å²) in [6.07, 6.45) is 1.32. The summed E-state index contributed by atoms with van der Waals surface area (Å²) in [7, 11) is 0. The standard InChI is InChI=1S/C13H22N2OS/c1-3-11(14)13(12-5-4-8-17-12)15-6-7-16-10(2)9-15/h4-5,8,10-11,13H,3,6-7,9,14H2,1-2H3. The van der Waals surface area contributed by atoms with Crippen LogP contribution >= 0.6 is 11.3 Å². The highest BCUT2D eigenvalue weighted by molar-refractivity contribution is 7.10. The van der Waals surface area contributed by atoms with Gasteiger partial charge in [0.25, 0.3) is 0 Å². The van der Waals surface area contributed by atoms with Gasteiger partial charge in [0.2, 0.25) is 0 Å². The molecule has 0 saturated carbocycles. The summed E-state index contributed by atoms with van der Waals surface area (Å²) < 4.78 is 5.61. The van der Waals surface area contributed by atoms with E-state index in [1.807, 2.05) is 11.3 Å². The van der Waals surface area contributed by atoms with Crippen LogP contribution in [0.15, 0.2) is 17.5 Å². The fraction of sp³-hybridized carbons (Fsp3) is 0.692. The lowest BCUT2D eigenvalue weighted by atomic mass is 10.0. The average molecular weight is 254 g/mol. The lowest BCUT2D eigenvalue weighted by Crippen LogP contribution is -2.48. The van der Waals surface area contributed by atoms with Crippen molar-refractivity contribution in [1.29, 1.82) is 0 Å². The molecule has 4 heteroatoms. The fourth-order valence-corrected chi connectivity index (χ4v) is 3.38. The van der Waals surface area contributed by atoms with Crippen molar-refractivity contribution in [2.75, 3.05) is 19.7 Å². The van der Waals surface area contributed by atoms with E-state index in [0.29, 0.717) is 12.1 Å².